The molecular weight excluding hydrogens is 1120 g/mol. The zero-order chi connectivity index (χ0) is 47.7. The number of aryl methyl sites for hydroxylation is 6. The van der Waals surface area contributed by atoms with Gasteiger partial charge in [0.15, 0.2) is 0 Å². The fraction of sp³-hybridized carbons (Fsp3) is 0.333. The standard InChI is InChI=1S/6C9H11.2BO3.3Sn/c6*1-3-9-6-4-8(2)5-7-9;2*2-1(3)4;;;/h6*4-7H,2-3H2,1H3;;;;;/q;;;;;;2*-3;3*+2. The molecular formula is C54H66B2O6Sn3. The van der Waals surface area contributed by atoms with Crippen molar-refractivity contribution in [3.05, 3.63) is 212 Å². The molecule has 0 saturated carbocycles. The fourth-order valence-electron chi connectivity index (χ4n) is 6.41. The molecule has 0 fully saturated rings. The smallest absolute Gasteiger partial charge is 0.278 e. The monoisotopic (exact) mass is 1190 g/mol. The Morgan fingerprint density at radius 1 is 0.231 bits per heavy atom. The van der Waals surface area contributed by atoms with E-state index in [0.717, 1.165) is 38.5 Å². The summed E-state index contributed by atoms with van der Waals surface area (Å²) in [6.45, 7) is 13.3. The Morgan fingerprint density at radius 3 is 0.415 bits per heavy atom. The largest absolute Gasteiger partial charge is 0.907 e. The molecule has 0 heterocycles. The van der Waals surface area contributed by atoms with Crippen molar-refractivity contribution in [1.82, 2.24) is 0 Å². The van der Waals surface area contributed by atoms with E-state index in [1.165, 1.54) is 93.4 Å². The molecule has 0 aromatic heterocycles. The Labute approximate surface area is 423 Å². The van der Waals surface area contributed by atoms with Crippen molar-refractivity contribution in [2.24, 2.45) is 0 Å². The van der Waals surface area contributed by atoms with Crippen LogP contribution in [0.5, 0.6) is 0 Å². The third-order valence-corrected chi connectivity index (χ3v) is 21.8. The molecule has 0 aliphatic heterocycles. The van der Waals surface area contributed by atoms with Crippen molar-refractivity contribution in [3.63, 3.8) is 0 Å². The van der Waals surface area contributed by atoms with Crippen LogP contribution in [0.15, 0.2) is 146 Å². The van der Waals surface area contributed by atoms with Gasteiger partial charge in [0.05, 0.1) is 0 Å². The summed E-state index contributed by atoms with van der Waals surface area (Å²) in [4.78, 5) is 0. The summed E-state index contributed by atoms with van der Waals surface area (Å²) in [7, 11) is -5.83. The van der Waals surface area contributed by atoms with Gasteiger partial charge in [-0.15, -0.1) is 0 Å². The minimum absolute atomic E-state index is 0.304. The van der Waals surface area contributed by atoms with Gasteiger partial charge in [-0.2, -0.15) is 0 Å². The average Bonchev–Trinajstić information content (AvgIpc) is 3.33. The van der Waals surface area contributed by atoms with Crippen LogP contribution < -0.4 is 30.1 Å². The molecule has 0 unspecified atom stereocenters. The van der Waals surface area contributed by atoms with Gasteiger partial charge in [0, 0.05) is 0 Å². The maximum atomic E-state index is 8.42. The van der Waals surface area contributed by atoms with Crippen molar-refractivity contribution in [2.45, 2.75) is 107 Å². The van der Waals surface area contributed by atoms with Gasteiger partial charge in [-0.1, -0.05) is 0 Å². The second-order valence-electron chi connectivity index (χ2n) is 15.4. The third kappa shape index (κ3) is 28.5. The van der Waals surface area contributed by atoms with E-state index >= 15 is 0 Å². The van der Waals surface area contributed by atoms with Crippen LogP contribution in [0.4, 0.5) is 0 Å². The van der Waals surface area contributed by atoms with Crippen LogP contribution in [0.3, 0.4) is 0 Å². The molecule has 6 nitrogen and oxygen atoms in total. The predicted octanol–water partition coefficient (Wildman–Crippen LogP) is 4.75. The van der Waals surface area contributed by atoms with E-state index in [-0.39, 0.29) is 63.4 Å². The quantitative estimate of drug-likeness (QED) is 0.114. The molecule has 6 aromatic carbocycles. The number of hydrogen-bond donors (Lipinski definition) is 0. The van der Waals surface area contributed by atoms with Gasteiger partial charge < -0.3 is 30.1 Å². The van der Waals surface area contributed by atoms with E-state index in [1.54, 1.807) is 0 Å². The Balaban J connectivity index is 0.000000309. The van der Waals surface area contributed by atoms with E-state index in [2.05, 4.69) is 187 Å². The molecule has 65 heavy (non-hydrogen) atoms. The van der Waals surface area contributed by atoms with E-state index < -0.39 is 14.6 Å². The van der Waals surface area contributed by atoms with Crippen molar-refractivity contribution in [2.75, 3.05) is 0 Å². The first-order valence-electron chi connectivity index (χ1n) is 22.9. The van der Waals surface area contributed by atoms with E-state index in [9.17, 15) is 0 Å². The topological polar surface area (TPSA) is 138 Å². The molecule has 6 aromatic rings. The molecule has 0 atom stereocenters. The minimum Gasteiger partial charge on any atom is -0.907 e. The molecule has 0 amide bonds. The first kappa shape index (κ1) is 58.7. The molecule has 0 N–H and O–H groups in total. The molecule has 336 valence electrons. The Kier molecular flexibility index (Phi) is 33.1. The molecule has 11 heteroatoms. The SMILES string of the molecule is CCc1ccc([CH2][Sn+2][CH2]c2ccc(CC)cc2)cc1.CCc1ccc([CH2][Sn+2][CH2]c2ccc(CC)cc2)cc1.CCc1ccc([CH2][Sn+2][CH2]c2ccc(CC)cc2)cc1.[O-]B([O-])[O-].[O-]B([O-])[O-]. The molecule has 0 spiro atoms. The summed E-state index contributed by atoms with van der Waals surface area (Å²) in [5.41, 5.74) is 17.9. The van der Waals surface area contributed by atoms with Crippen LogP contribution in [-0.4, -0.2) is 78.1 Å². The summed E-state index contributed by atoms with van der Waals surface area (Å²) >= 11 is -0.911. The van der Waals surface area contributed by atoms with Crippen LogP contribution in [-0.2, 0) is 65.1 Å². The molecule has 0 bridgehead atoms. The molecule has 0 aliphatic rings. The zero-order valence-corrected chi connectivity index (χ0v) is 48.0. The Bertz CT molecular complexity index is 1660. The summed E-state index contributed by atoms with van der Waals surface area (Å²) in [5.74, 6) is 0. The van der Waals surface area contributed by atoms with Gasteiger partial charge in [-0.25, -0.2) is 0 Å². The van der Waals surface area contributed by atoms with Gasteiger partial charge >= 0.3 is 382 Å². The first-order chi connectivity index (χ1) is 31.4. The summed E-state index contributed by atoms with van der Waals surface area (Å²) in [6, 6.07) is 55.2. The minimum atomic E-state index is -2.92. The van der Waals surface area contributed by atoms with E-state index in [4.69, 9.17) is 30.1 Å². The van der Waals surface area contributed by atoms with Crippen LogP contribution in [0.2, 0.25) is 0 Å². The van der Waals surface area contributed by atoms with Crippen molar-refractivity contribution < 1.29 is 30.1 Å². The maximum Gasteiger partial charge on any atom is -0.278 e. The normalized spacial score (nSPS) is 9.78. The van der Waals surface area contributed by atoms with Gasteiger partial charge in [-0.3, -0.25) is 14.6 Å². The molecule has 0 saturated heterocycles. The maximum absolute atomic E-state index is 8.42. The fourth-order valence-corrected chi connectivity index (χ4v) is 16.5. The van der Waals surface area contributed by atoms with Gasteiger partial charge in [-0.05, 0) is 0 Å². The number of hydrogen-bond acceptors (Lipinski definition) is 6. The van der Waals surface area contributed by atoms with Crippen LogP contribution >= 0.6 is 0 Å². The molecule has 0 radical (unpaired) electrons. The van der Waals surface area contributed by atoms with E-state index in [1.807, 2.05) is 0 Å². The zero-order valence-electron chi connectivity index (χ0n) is 39.4. The molecule has 6 rings (SSSR count). The van der Waals surface area contributed by atoms with Crippen LogP contribution in [0.1, 0.15) is 108 Å². The molecule has 0 aliphatic carbocycles. The number of benzene rings is 6. The first-order valence-corrected chi connectivity index (χ1v) is 35.1. The number of rotatable bonds is 18. The second-order valence-corrected chi connectivity index (χ2v) is 25.7. The van der Waals surface area contributed by atoms with Crippen molar-refractivity contribution in [3.8, 4) is 0 Å². The summed E-state index contributed by atoms with van der Waals surface area (Å²) in [6.07, 6.45) is 6.86. The van der Waals surface area contributed by atoms with Crippen molar-refractivity contribution >= 4 is 78.1 Å². The van der Waals surface area contributed by atoms with Crippen LogP contribution in [0, 0.1) is 0 Å². The third-order valence-electron chi connectivity index (χ3n) is 10.6. The summed E-state index contributed by atoms with van der Waals surface area (Å²) in [5, 5.41) is 50.5. The van der Waals surface area contributed by atoms with E-state index in [0.29, 0.717) is 0 Å². The van der Waals surface area contributed by atoms with Gasteiger partial charge in [0.2, 0.25) is 0 Å². The average molecular weight is 1190 g/mol. The Hall–Kier alpha value is -2.39. The predicted molar refractivity (Wildman–Crippen MR) is 266 cm³/mol. The second kappa shape index (κ2) is 36.6. The van der Waals surface area contributed by atoms with Gasteiger partial charge in [0.1, 0.15) is 0 Å². The van der Waals surface area contributed by atoms with Crippen LogP contribution in [0.25, 0.3) is 0 Å². The Morgan fingerprint density at radius 2 is 0.323 bits per heavy atom. The van der Waals surface area contributed by atoms with Crippen molar-refractivity contribution in [1.29, 1.82) is 0 Å². The summed E-state index contributed by atoms with van der Waals surface area (Å²) < 4.78 is 8.10. The van der Waals surface area contributed by atoms with Gasteiger partial charge in [0.25, 0.3) is 0 Å².